The molecule has 3 aromatic rings. The lowest BCUT2D eigenvalue weighted by molar-refractivity contribution is -0.129. The normalized spacial score (nSPS) is 15.0. The van der Waals surface area contributed by atoms with Crippen molar-refractivity contribution in [2.75, 3.05) is 11.4 Å². The summed E-state index contributed by atoms with van der Waals surface area (Å²) in [6.07, 6.45) is 1.03. The number of carbonyl (C=O) groups excluding carboxylic acids is 2. The van der Waals surface area contributed by atoms with Gasteiger partial charge in [0.05, 0.1) is 24.3 Å². The number of rotatable bonds is 7. The molecule has 9 heteroatoms. The third-order valence-electron chi connectivity index (χ3n) is 6.63. The molecule has 1 unspecified atom stereocenters. The molecule has 1 aliphatic rings. The van der Waals surface area contributed by atoms with Crippen molar-refractivity contribution >= 4 is 17.5 Å². The second-order valence-corrected chi connectivity index (χ2v) is 9.29. The van der Waals surface area contributed by atoms with E-state index in [1.165, 1.54) is 0 Å². The number of ether oxygens (including phenoxy) is 1. The molecular weight excluding hydrogens is 456 g/mol. The Bertz CT molecular complexity index is 1260. The summed E-state index contributed by atoms with van der Waals surface area (Å²) in [4.78, 5) is 37.3. The summed E-state index contributed by atoms with van der Waals surface area (Å²) in [6.45, 7) is 11.9. The molecule has 0 radical (unpaired) electrons. The molecule has 1 aromatic carbocycles. The number of para-hydroxylation sites is 2. The van der Waals surface area contributed by atoms with Crippen LogP contribution in [0.4, 0.5) is 5.69 Å². The van der Waals surface area contributed by atoms with Crippen molar-refractivity contribution in [3.63, 3.8) is 0 Å². The fraction of sp³-hybridized carbons (Fsp3) is 0.444. The van der Waals surface area contributed by atoms with Crippen molar-refractivity contribution in [2.24, 2.45) is 0 Å². The number of aryl methyl sites for hydroxylation is 3. The van der Waals surface area contributed by atoms with Crippen molar-refractivity contribution in [1.82, 2.24) is 25.1 Å². The Balaban J connectivity index is 1.60. The Labute approximate surface area is 211 Å². The van der Waals surface area contributed by atoms with Gasteiger partial charge in [-0.1, -0.05) is 26.0 Å². The maximum absolute atomic E-state index is 13.7. The summed E-state index contributed by atoms with van der Waals surface area (Å²) >= 11 is 0. The Hall–Kier alpha value is -3.75. The third kappa shape index (κ3) is 5.10. The molecule has 9 nitrogen and oxygen atoms in total. The average molecular weight is 491 g/mol. The van der Waals surface area contributed by atoms with Gasteiger partial charge in [-0.2, -0.15) is 5.10 Å². The number of anilines is 1. The Morgan fingerprint density at radius 1 is 1.08 bits per heavy atom. The van der Waals surface area contributed by atoms with Gasteiger partial charge in [0.15, 0.2) is 6.10 Å². The van der Waals surface area contributed by atoms with Gasteiger partial charge >= 0.3 is 0 Å². The van der Waals surface area contributed by atoms with Gasteiger partial charge in [-0.3, -0.25) is 9.59 Å². The van der Waals surface area contributed by atoms with Crippen molar-refractivity contribution in [1.29, 1.82) is 0 Å². The van der Waals surface area contributed by atoms with Crippen LogP contribution in [0.5, 0.6) is 5.75 Å². The summed E-state index contributed by atoms with van der Waals surface area (Å²) < 4.78 is 7.70. The summed E-state index contributed by atoms with van der Waals surface area (Å²) in [7, 11) is 0. The van der Waals surface area contributed by atoms with Gasteiger partial charge in [0.1, 0.15) is 5.75 Å². The summed E-state index contributed by atoms with van der Waals surface area (Å²) in [5.74, 6) is 0.678. The monoisotopic (exact) mass is 490 g/mol. The van der Waals surface area contributed by atoms with Gasteiger partial charge < -0.3 is 15.0 Å². The zero-order valence-electron chi connectivity index (χ0n) is 21.8. The minimum atomic E-state index is -0.780. The minimum absolute atomic E-state index is 0.0750. The quantitative estimate of drug-likeness (QED) is 0.544. The van der Waals surface area contributed by atoms with Gasteiger partial charge in [0, 0.05) is 28.7 Å². The molecule has 190 valence electrons. The molecule has 2 amide bonds. The van der Waals surface area contributed by atoms with E-state index in [4.69, 9.17) is 4.74 Å². The minimum Gasteiger partial charge on any atom is -0.477 e. The first kappa shape index (κ1) is 25.3. The van der Waals surface area contributed by atoms with Crippen LogP contribution in [0.3, 0.4) is 0 Å². The number of carbonyl (C=O) groups is 2. The number of fused-ring (bicyclic) bond motifs is 1. The van der Waals surface area contributed by atoms with Crippen LogP contribution in [-0.4, -0.2) is 50.3 Å². The molecule has 4 rings (SSSR count). The van der Waals surface area contributed by atoms with E-state index in [1.807, 2.05) is 65.8 Å². The number of benzene rings is 1. The smallest absolute Gasteiger partial charge is 0.263 e. The van der Waals surface area contributed by atoms with Gasteiger partial charge in [0.2, 0.25) is 5.91 Å². The van der Waals surface area contributed by atoms with Gasteiger partial charge in [-0.05, 0) is 58.7 Å². The van der Waals surface area contributed by atoms with Crippen molar-refractivity contribution in [2.45, 2.75) is 73.0 Å². The van der Waals surface area contributed by atoms with E-state index in [1.54, 1.807) is 15.6 Å². The molecule has 0 aliphatic carbocycles. The molecule has 1 N–H and O–H groups in total. The average Bonchev–Trinajstić information content (AvgIpc) is 3.14. The summed E-state index contributed by atoms with van der Waals surface area (Å²) in [5.41, 5.74) is 4.75. The molecule has 3 heterocycles. The van der Waals surface area contributed by atoms with Crippen molar-refractivity contribution < 1.29 is 14.3 Å². The molecule has 0 spiro atoms. The molecular formula is C27H34N6O3. The fourth-order valence-corrected chi connectivity index (χ4v) is 4.57. The number of aromatic nitrogens is 4. The Morgan fingerprint density at radius 3 is 2.42 bits per heavy atom. The van der Waals surface area contributed by atoms with Gasteiger partial charge in [-0.25, -0.2) is 14.6 Å². The van der Waals surface area contributed by atoms with E-state index >= 15 is 0 Å². The maximum atomic E-state index is 13.7. The first-order valence-corrected chi connectivity index (χ1v) is 12.5. The second kappa shape index (κ2) is 10.5. The highest BCUT2D eigenvalue weighted by Crippen LogP contribution is 2.34. The zero-order valence-corrected chi connectivity index (χ0v) is 21.8. The first-order valence-electron chi connectivity index (χ1n) is 12.5. The largest absolute Gasteiger partial charge is 0.477 e. The molecule has 1 atom stereocenters. The van der Waals surface area contributed by atoms with Crippen molar-refractivity contribution in [3.05, 3.63) is 58.7 Å². The number of hydrogen-bond acceptors (Lipinski definition) is 6. The molecule has 0 bridgehead atoms. The molecule has 0 saturated heterocycles. The summed E-state index contributed by atoms with van der Waals surface area (Å²) in [5, 5.41) is 7.68. The lowest BCUT2D eigenvalue weighted by atomic mass is 10.1. The van der Waals surface area contributed by atoms with Gasteiger partial charge in [-0.15, -0.1) is 0 Å². The van der Waals surface area contributed by atoms with E-state index in [9.17, 15) is 9.59 Å². The van der Waals surface area contributed by atoms with Crippen LogP contribution >= 0.6 is 0 Å². The van der Waals surface area contributed by atoms with E-state index in [0.29, 0.717) is 17.4 Å². The highest BCUT2D eigenvalue weighted by atomic mass is 16.5. The van der Waals surface area contributed by atoms with Crippen LogP contribution in [0.15, 0.2) is 30.3 Å². The van der Waals surface area contributed by atoms with Crippen LogP contribution in [0.1, 0.15) is 55.0 Å². The molecule has 36 heavy (non-hydrogen) atoms. The number of nitrogens with one attached hydrogen (secondary N) is 1. The number of amides is 2. The standard InChI is InChI=1S/C27H34N6O3/c1-7-20(8-2)30-26(35)24-15-32(22-11-9-10-12-23(22)36-24)25(34)14-21-18(5)31-33(19(21)6)27-28-16(3)13-17(4)29-27/h9-13,20,24H,7-8,14-15H2,1-6H3,(H,30,35). The summed E-state index contributed by atoms with van der Waals surface area (Å²) in [6, 6.07) is 9.31. The maximum Gasteiger partial charge on any atom is 0.263 e. The highest BCUT2D eigenvalue weighted by molar-refractivity contribution is 5.98. The molecule has 0 saturated carbocycles. The van der Waals surface area contributed by atoms with E-state index in [0.717, 1.165) is 41.2 Å². The van der Waals surface area contributed by atoms with Crippen LogP contribution < -0.4 is 15.0 Å². The Morgan fingerprint density at radius 2 is 1.75 bits per heavy atom. The number of hydrogen-bond donors (Lipinski definition) is 1. The topological polar surface area (TPSA) is 102 Å². The highest BCUT2D eigenvalue weighted by Gasteiger charge is 2.35. The van der Waals surface area contributed by atoms with Crippen LogP contribution in [0.25, 0.3) is 5.95 Å². The molecule has 2 aromatic heterocycles. The van der Waals surface area contributed by atoms with E-state index < -0.39 is 6.10 Å². The lowest BCUT2D eigenvalue weighted by Crippen LogP contribution is -2.52. The SMILES string of the molecule is CCC(CC)NC(=O)C1CN(C(=O)Cc2c(C)nn(-c3nc(C)cc(C)n3)c2C)c2ccccc2O1. The third-order valence-corrected chi connectivity index (χ3v) is 6.63. The predicted octanol–water partition coefficient (Wildman–Crippen LogP) is 3.54. The van der Waals surface area contributed by atoms with E-state index in [-0.39, 0.29) is 30.8 Å². The van der Waals surface area contributed by atoms with Crippen LogP contribution in [-0.2, 0) is 16.0 Å². The van der Waals surface area contributed by atoms with Gasteiger partial charge in [0.25, 0.3) is 11.9 Å². The van der Waals surface area contributed by atoms with Crippen LogP contribution in [0, 0.1) is 27.7 Å². The molecule has 1 aliphatic heterocycles. The fourth-order valence-electron chi connectivity index (χ4n) is 4.57. The number of nitrogens with zero attached hydrogens (tertiary/aromatic N) is 5. The van der Waals surface area contributed by atoms with E-state index in [2.05, 4.69) is 20.4 Å². The Kier molecular flexibility index (Phi) is 7.37. The zero-order chi connectivity index (χ0) is 26.0. The predicted molar refractivity (Wildman–Crippen MR) is 138 cm³/mol. The van der Waals surface area contributed by atoms with Crippen LogP contribution in [0.2, 0.25) is 0 Å². The second-order valence-electron chi connectivity index (χ2n) is 9.29. The molecule has 0 fully saturated rings. The first-order chi connectivity index (χ1) is 17.2. The lowest BCUT2D eigenvalue weighted by Gasteiger charge is -2.34. The van der Waals surface area contributed by atoms with Crippen molar-refractivity contribution in [3.8, 4) is 11.7 Å².